The van der Waals surface area contributed by atoms with Gasteiger partial charge in [-0.25, -0.2) is 0 Å². The number of nitrogens with one attached hydrogen (secondary N) is 1. The first-order valence-electron chi connectivity index (χ1n) is 1.74. The summed E-state index contributed by atoms with van der Waals surface area (Å²) in [7, 11) is 0. The third kappa shape index (κ3) is 0.658. The second kappa shape index (κ2) is 1.52. The first-order chi connectivity index (χ1) is 2.89. The molecule has 0 spiro atoms. The summed E-state index contributed by atoms with van der Waals surface area (Å²) in [6.07, 6.45) is 2.69. The quantitative estimate of drug-likeness (QED) is 0.451. The van der Waals surface area contributed by atoms with E-state index in [0.717, 1.165) is 6.42 Å². The highest BCUT2D eigenvalue weighted by atomic mass is 35.5. The summed E-state index contributed by atoms with van der Waals surface area (Å²) in [6, 6.07) is 0. The molecule has 0 bridgehead atoms. The summed E-state index contributed by atoms with van der Waals surface area (Å²) >= 11 is 5.40. The maximum atomic E-state index is 5.40. The Bertz CT molecular complexity index is 77.6. The molecule has 0 aliphatic carbocycles. The van der Waals surface area contributed by atoms with Crippen molar-refractivity contribution in [2.45, 2.75) is 6.42 Å². The molecule has 32 valence electrons. The van der Waals surface area contributed by atoms with E-state index in [-0.39, 0.29) is 0 Å². The van der Waals surface area contributed by atoms with Crippen LogP contribution in [0, 0.1) is 6.54 Å². The third-order valence-electron chi connectivity index (χ3n) is 0.591. The molecule has 6 heavy (non-hydrogen) atoms. The van der Waals surface area contributed by atoms with Gasteiger partial charge < -0.3 is 5.32 Å². The van der Waals surface area contributed by atoms with Crippen LogP contribution in [-0.4, -0.2) is 0 Å². The highest BCUT2D eigenvalue weighted by Crippen LogP contribution is 2.06. The molecule has 1 rings (SSSR count). The Labute approximate surface area is 42.0 Å². The van der Waals surface area contributed by atoms with Crippen LogP contribution in [0.25, 0.3) is 0 Å². The van der Waals surface area contributed by atoms with Crippen molar-refractivity contribution in [3.05, 3.63) is 17.8 Å². The highest BCUT2D eigenvalue weighted by molar-refractivity contribution is 6.29. The lowest BCUT2D eigenvalue weighted by atomic mass is 10.5. The van der Waals surface area contributed by atoms with Gasteiger partial charge in [-0.3, -0.25) is 0 Å². The highest BCUT2D eigenvalue weighted by Gasteiger charge is 1.96. The molecule has 1 heterocycles. The molecule has 2 radical (unpaired) electrons. The van der Waals surface area contributed by atoms with Crippen molar-refractivity contribution in [2.24, 2.45) is 0 Å². The fourth-order valence-corrected chi connectivity index (χ4v) is 0.471. The molecule has 0 aromatic carbocycles. The van der Waals surface area contributed by atoms with Gasteiger partial charge in [-0.2, -0.15) is 0 Å². The molecule has 0 amide bonds. The van der Waals surface area contributed by atoms with Gasteiger partial charge in [0.2, 0.25) is 0 Å². The van der Waals surface area contributed by atoms with Crippen LogP contribution < -0.4 is 5.32 Å². The molecular weight excluding hydrogens is 97.5 g/mol. The van der Waals surface area contributed by atoms with E-state index in [1.54, 1.807) is 0 Å². The monoisotopic (exact) mass is 101 g/mol. The molecule has 2 heteroatoms. The van der Waals surface area contributed by atoms with Gasteiger partial charge in [0, 0.05) is 0 Å². The van der Waals surface area contributed by atoms with E-state index >= 15 is 0 Å². The zero-order valence-electron chi connectivity index (χ0n) is 3.16. The largest absolute Gasteiger partial charge is 0.365 e. The van der Waals surface area contributed by atoms with Gasteiger partial charge in [0.05, 0.1) is 11.7 Å². The lowest BCUT2D eigenvalue weighted by Gasteiger charge is -1.84. The fraction of sp³-hybridized carbons (Fsp3) is 0.250. The van der Waals surface area contributed by atoms with Crippen LogP contribution in [0.1, 0.15) is 6.42 Å². The molecule has 0 aromatic rings. The molecule has 1 N–H and O–H groups in total. The first-order valence-corrected chi connectivity index (χ1v) is 2.12. The Hall–Kier alpha value is -0.170. The lowest BCUT2D eigenvalue weighted by molar-refractivity contribution is 1.05. The summed E-state index contributed by atoms with van der Waals surface area (Å²) < 4.78 is 0. The van der Waals surface area contributed by atoms with Crippen LogP contribution in [0.15, 0.2) is 11.2 Å². The zero-order chi connectivity index (χ0) is 4.41. The van der Waals surface area contributed by atoms with Gasteiger partial charge in [-0.1, -0.05) is 11.6 Å². The second-order valence-corrected chi connectivity index (χ2v) is 1.47. The Morgan fingerprint density at radius 2 is 2.83 bits per heavy atom. The van der Waals surface area contributed by atoms with Gasteiger partial charge >= 0.3 is 0 Å². The average molecular weight is 102 g/mol. The molecule has 1 aliphatic rings. The van der Waals surface area contributed by atoms with Crippen LogP contribution in [0.5, 0.6) is 0 Å². The molecule has 0 saturated heterocycles. The molecular formula is C4H4ClN. The Balaban J connectivity index is 2.45. The van der Waals surface area contributed by atoms with Crippen LogP contribution in [-0.2, 0) is 0 Å². The van der Waals surface area contributed by atoms with Crippen LogP contribution in [0.4, 0.5) is 0 Å². The number of halogens is 1. The topological polar surface area (TPSA) is 12.0 Å². The average Bonchev–Trinajstić information content (AvgIpc) is 1.86. The molecule has 0 unspecified atom stereocenters. The van der Waals surface area contributed by atoms with E-state index < -0.39 is 0 Å². The molecule has 1 aliphatic heterocycles. The van der Waals surface area contributed by atoms with E-state index in [1.807, 2.05) is 6.08 Å². The van der Waals surface area contributed by atoms with Crippen molar-refractivity contribution in [3.63, 3.8) is 0 Å². The second-order valence-electron chi connectivity index (χ2n) is 1.06. The molecule has 0 aromatic heterocycles. The first kappa shape index (κ1) is 4.00. The predicted octanol–water partition coefficient (Wildman–Crippen LogP) is 1.10. The van der Waals surface area contributed by atoms with Crippen LogP contribution in [0.3, 0.4) is 0 Å². The number of hydrogen-bond acceptors (Lipinski definition) is 1. The minimum absolute atomic E-state index is 0.690. The smallest absolute Gasteiger partial charge is 0.0984 e. The van der Waals surface area contributed by atoms with Crippen molar-refractivity contribution >= 4 is 11.6 Å². The SMILES string of the molecule is ClC1=CC[C]N1. The van der Waals surface area contributed by atoms with Crippen molar-refractivity contribution in [2.75, 3.05) is 0 Å². The van der Waals surface area contributed by atoms with Crippen molar-refractivity contribution in [3.8, 4) is 0 Å². The minimum atomic E-state index is 0.690. The Morgan fingerprint density at radius 1 is 2.00 bits per heavy atom. The molecule has 0 fully saturated rings. The Kier molecular flexibility index (Phi) is 1.01. The van der Waals surface area contributed by atoms with Gasteiger partial charge in [0.1, 0.15) is 0 Å². The van der Waals surface area contributed by atoms with Crippen LogP contribution >= 0.6 is 11.6 Å². The predicted molar refractivity (Wildman–Crippen MR) is 24.9 cm³/mol. The number of rotatable bonds is 0. The normalized spacial score (nSPS) is 19.8. The van der Waals surface area contributed by atoms with Crippen LogP contribution in [0.2, 0.25) is 0 Å². The molecule has 0 atom stereocenters. The third-order valence-corrected chi connectivity index (χ3v) is 0.840. The van der Waals surface area contributed by atoms with E-state index in [1.165, 1.54) is 0 Å². The number of hydrogen-bond donors (Lipinski definition) is 1. The minimum Gasteiger partial charge on any atom is -0.365 e. The van der Waals surface area contributed by atoms with E-state index in [9.17, 15) is 0 Å². The summed E-state index contributed by atoms with van der Waals surface area (Å²) in [4.78, 5) is 0. The van der Waals surface area contributed by atoms with E-state index in [4.69, 9.17) is 11.6 Å². The van der Waals surface area contributed by atoms with Gasteiger partial charge in [0.25, 0.3) is 0 Å². The standard InChI is InChI=1S/C4H4ClN/c5-4-2-1-3-6-4/h2,6H,1H2. The summed E-state index contributed by atoms with van der Waals surface area (Å²) in [5, 5.41) is 3.39. The van der Waals surface area contributed by atoms with Gasteiger partial charge in [-0.05, 0) is 12.5 Å². The maximum Gasteiger partial charge on any atom is 0.0984 e. The summed E-state index contributed by atoms with van der Waals surface area (Å²) in [6.45, 7) is 2.80. The van der Waals surface area contributed by atoms with Crippen molar-refractivity contribution in [1.82, 2.24) is 5.32 Å². The van der Waals surface area contributed by atoms with Crippen molar-refractivity contribution in [1.29, 1.82) is 0 Å². The lowest BCUT2D eigenvalue weighted by Crippen LogP contribution is -1.94. The fourth-order valence-electron chi connectivity index (χ4n) is 0.327. The van der Waals surface area contributed by atoms with E-state index in [0.29, 0.717) is 5.16 Å². The summed E-state index contributed by atoms with van der Waals surface area (Å²) in [5.74, 6) is 0. The van der Waals surface area contributed by atoms with E-state index in [2.05, 4.69) is 11.9 Å². The molecule has 1 nitrogen and oxygen atoms in total. The zero-order valence-corrected chi connectivity index (χ0v) is 3.92. The molecule has 0 saturated carbocycles. The maximum absolute atomic E-state index is 5.40. The van der Waals surface area contributed by atoms with Gasteiger partial charge in [0.15, 0.2) is 0 Å². The van der Waals surface area contributed by atoms with Crippen molar-refractivity contribution < 1.29 is 0 Å². The summed E-state index contributed by atoms with van der Waals surface area (Å²) in [5.41, 5.74) is 0. The van der Waals surface area contributed by atoms with Gasteiger partial charge in [-0.15, -0.1) is 0 Å². The Morgan fingerprint density at radius 3 is 3.00 bits per heavy atom.